The lowest BCUT2D eigenvalue weighted by Crippen LogP contribution is -2.30. The maximum Gasteiger partial charge on any atom is 0.0583 e. The van der Waals surface area contributed by atoms with E-state index in [0.717, 1.165) is 19.5 Å². The van der Waals surface area contributed by atoms with Gasteiger partial charge in [0.2, 0.25) is 0 Å². The largest absolute Gasteiger partial charge is 0.364 e. The number of nitrogens with zero attached hydrogens (tertiary/aromatic N) is 2. The fraction of sp³-hybridized carbons (Fsp3) is 0.250. The lowest BCUT2D eigenvalue weighted by atomic mass is 10.1. The van der Waals surface area contributed by atoms with Crippen LogP contribution in [0.25, 0.3) is 0 Å². The second-order valence-corrected chi connectivity index (χ2v) is 3.86. The van der Waals surface area contributed by atoms with Gasteiger partial charge in [0.25, 0.3) is 0 Å². The van der Waals surface area contributed by atoms with Gasteiger partial charge in [0, 0.05) is 24.6 Å². The average Bonchev–Trinajstić information content (AvgIpc) is 2.77. The number of rotatable bonds is 1. The number of aromatic amines is 1. The van der Waals surface area contributed by atoms with Crippen molar-refractivity contribution in [1.29, 1.82) is 0 Å². The minimum Gasteiger partial charge on any atom is -0.364 e. The first-order chi connectivity index (χ1) is 7.43. The van der Waals surface area contributed by atoms with Crippen LogP contribution in [0.3, 0.4) is 0 Å². The Balaban J connectivity index is 1.88. The molecule has 0 atom stereocenters. The highest BCUT2D eigenvalue weighted by Crippen LogP contribution is 2.22. The number of hydrogen-bond donors (Lipinski definition) is 1. The molecule has 2 aromatic rings. The quantitative estimate of drug-likeness (QED) is 0.761. The summed E-state index contributed by atoms with van der Waals surface area (Å²) in [5.41, 5.74) is 4.00. The monoisotopic (exact) mass is 199 g/mol. The second kappa shape index (κ2) is 3.42. The van der Waals surface area contributed by atoms with Crippen molar-refractivity contribution in [3.63, 3.8) is 0 Å². The van der Waals surface area contributed by atoms with Crippen molar-refractivity contribution in [2.75, 3.05) is 11.4 Å². The van der Waals surface area contributed by atoms with Crippen molar-refractivity contribution in [3.8, 4) is 0 Å². The van der Waals surface area contributed by atoms with Gasteiger partial charge in [-0.3, -0.25) is 4.98 Å². The molecule has 0 radical (unpaired) electrons. The molecule has 1 aliphatic rings. The molecule has 1 N–H and O–H groups in total. The number of hydrogen-bond acceptors (Lipinski definition) is 2. The third-order valence-electron chi connectivity index (χ3n) is 2.94. The number of aromatic nitrogens is 2. The molecule has 0 aliphatic carbocycles. The number of H-pyrrole nitrogens is 1. The van der Waals surface area contributed by atoms with E-state index < -0.39 is 0 Å². The highest BCUT2D eigenvalue weighted by molar-refractivity contribution is 5.46. The minimum atomic E-state index is 0.966. The molecule has 0 spiro atoms. The number of nitrogens with one attached hydrogen (secondary N) is 1. The van der Waals surface area contributed by atoms with Gasteiger partial charge in [-0.1, -0.05) is 0 Å². The zero-order chi connectivity index (χ0) is 10.1. The average molecular weight is 199 g/mol. The maximum absolute atomic E-state index is 4.15. The molecule has 15 heavy (non-hydrogen) atoms. The van der Waals surface area contributed by atoms with Gasteiger partial charge in [0.15, 0.2) is 0 Å². The van der Waals surface area contributed by atoms with E-state index in [1.807, 2.05) is 24.7 Å². The maximum atomic E-state index is 4.15. The topological polar surface area (TPSA) is 31.9 Å². The Kier molecular flexibility index (Phi) is 1.95. The summed E-state index contributed by atoms with van der Waals surface area (Å²) in [6, 6.07) is 6.27. The molecule has 1 aliphatic heterocycles. The van der Waals surface area contributed by atoms with E-state index in [4.69, 9.17) is 0 Å². The van der Waals surface area contributed by atoms with E-state index in [9.17, 15) is 0 Å². The predicted molar refractivity (Wildman–Crippen MR) is 59.8 cm³/mol. The molecule has 3 heteroatoms. The fourth-order valence-corrected chi connectivity index (χ4v) is 2.10. The van der Waals surface area contributed by atoms with Gasteiger partial charge in [-0.25, -0.2) is 0 Å². The van der Waals surface area contributed by atoms with Gasteiger partial charge in [-0.2, -0.15) is 0 Å². The lowest BCUT2D eigenvalue weighted by molar-refractivity contribution is 0.719. The van der Waals surface area contributed by atoms with Gasteiger partial charge >= 0.3 is 0 Å². The van der Waals surface area contributed by atoms with E-state index in [1.165, 1.54) is 16.9 Å². The van der Waals surface area contributed by atoms with Crippen LogP contribution in [0.15, 0.2) is 36.8 Å². The van der Waals surface area contributed by atoms with E-state index in [0.29, 0.717) is 0 Å². The number of fused-ring (bicyclic) bond motifs is 1. The van der Waals surface area contributed by atoms with Crippen LogP contribution in [-0.2, 0) is 13.0 Å². The molecular formula is C12H13N3. The zero-order valence-corrected chi connectivity index (χ0v) is 8.48. The number of pyridine rings is 1. The summed E-state index contributed by atoms with van der Waals surface area (Å²) < 4.78 is 0. The molecular weight excluding hydrogens is 186 g/mol. The summed E-state index contributed by atoms with van der Waals surface area (Å²) >= 11 is 0. The molecule has 0 aromatic carbocycles. The van der Waals surface area contributed by atoms with Gasteiger partial charge in [0.05, 0.1) is 18.4 Å². The van der Waals surface area contributed by atoms with Crippen LogP contribution in [0, 0.1) is 0 Å². The predicted octanol–water partition coefficient (Wildman–Crippen LogP) is 1.97. The first kappa shape index (κ1) is 8.53. The normalized spacial score (nSPS) is 15.1. The molecule has 0 amide bonds. The summed E-state index contributed by atoms with van der Waals surface area (Å²) in [5.74, 6) is 0. The summed E-state index contributed by atoms with van der Waals surface area (Å²) in [6.45, 7) is 2.05. The molecule has 76 valence electrons. The molecule has 0 bridgehead atoms. The summed E-state index contributed by atoms with van der Waals surface area (Å²) in [6.07, 6.45) is 6.88. The van der Waals surface area contributed by atoms with Crippen LogP contribution < -0.4 is 4.90 Å². The van der Waals surface area contributed by atoms with Crippen molar-refractivity contribution in [3.05, 3.63) is 48.0 Å². The van der Waals surface area contributed by atoms with E-state index in [-0.39, 0.29) is 0 Å². The van der Waals surface area contributed by atoms with Crippen LogP contribution in [0.2, 0.25) is 0 Å². The minimum absolute atomic E-state index is 0.966. The van der Waals surface area contributed by atoms with Crippen LogP contribution >= 0.6 is 0 Å². The number of anilines is 1. The Hall–Kier alpha value is -1.77. The zero-order valence-electron chi connectivity index (χ0n) is 8.48. The van der Waals surface area contributed by atoms with Crippen molar-refractivity contribution in [1.82, 2.24) is 9.97 Å². The molecule has 3 rings (SSSR count). The third-order valence-corrected chi connectivity index (χ3v) is 2.94. The molecule has 0 fully saturated rings. The SMILES string of the molecule is c1cncc(N2CCc3cc[nH]c3C2)c1. The molecule has 2 aromatic heterocycles. The summed E-state index contributed by atoms with van der Waals surface area (Å²) in [4.78, 5) is 9.80. The fourth-order valence-electron chi connectivity index (χ4n) is 2.10. The van der Waals surface area contributed by atoms with Crippen molar-refractivity contribution in [2.45, 2.75) is 13.0 Å². The Bertz CT molecular complexity index is 447. The first-order valence-electron chi connectivity index (χ1n) is 5.23. The summed E-state index contributed by atoms with van der Waals surface area (Å²) in [5, 5.41) is 0. The van der Waals surface area contributed by atoms with Crippen LogP contribution in [0.5, 0.6) is 0 Å². The van der Waals surface area contributed by atoms with E-state index in [1.54, 1.807) is 0 Å². The molecule has 0 saturated heterocycles. The Morgan fingerprint density at radius 2 is 2.33 bits per heavy atom. The van der Waals surface area contributed by atoms with Crippen LogP contribution in [0.1, 0.15) is 11.3 Å². The van der Waals surface area contributed by atoms with Crippen molar-refractivity contribution in [2.24, 2.45) is 0 Å². The van der Waals surface area contributed by atoms with E-state index >= 15 is 0 Å². The Morgan fingerprint density at radius 3 is 3.20 bits per heavy atom. The molecule has 3 heterocycles. The van der Waals surface area contributed by atoms with Gasteiger partial charge in [0.1, 0.15) is 0 Å². The Morgan fingerprint density at radius 1 is 1.33 bits per heavy atom. The lowest BCUT2D eigenvalue weighted by Gasteiger charge is -2.28. The van der Waals surface area contributed by atoms with Crippen LogP contribution in [0.4, 0.5) is 5.69 Å². The highest BCUT2D eigenvalue weighted by atomic mass is 15.1. The van der Waals surface area contributed by atoms with Gasteiger partial charge < -0.3 is 9.88 Å². The van der Waals surface area contributed by atoms with Crippen molar-refractivity contribution < 1.29 is 0 Å². The highest BCUT2D eigenvalue weighted by Gasteiger charge is 2.16. The van der Waals surface area contributed by atoms with Gasteiger partial charge in [-0.05, 0) is 30.2 Å². The third kappa shape index (κ3) is 1.50. The molecule has 0 saturated carbocycles. The smallest absolute Gasteiger partial charge is 0.0583 e. The first-order valence-corrected chi connectivity index (χ1v) is 5.23. The molecule has 3 nitrogen and oxygen atoms in total. The van der Waals surface area contributed by atoms with Gasteiger partial charge in [-0.15, -0.1) is 0 Å². The second-order valence-electron chi connectivity index (χ2n) is 3.86. The van der Waals surface area contributed by atoms with Crippen molar-refractivity contribution >= 4 is 5.69 Å². The summed E-state index contributed by atoms with van der Waals surface area (Å²) in [7, 11) is 0. The molecule has 0 unspecified atom stereocenters. The standard InChI is InChI=1S/C12H13N3/c1-2-11(8-13-5-1)15-7-4-10-3-6-14-12(10)9-15/h1-3,5-6,8,14H,4,7,9H2. The Labute approximate surface area is 88.8 Å². The van der Waals surface area contributed by atoms with Crippen LogP contribution in [-0.4, -0.2) is 16.5 Å². The van der Waals surface area contributed by atoms with E-state index in [2.05, 4.69) is 27.0 Å².